The number of hydrogen-bond donors (Lipinski definition) is 3. The van der Waals surface area contributed by atoms with Gasteiger partial charge in [0, 0.05) is 14.9 Å². The lowest BCUT2D eigenvalue weighted by Gasteiger charge is -2.36. The molecular formula is C21H25BrN2O2S. The second-order valence-corrected chi connectivity index (χ2v) is 10.3. The summed E-state index contributed by atoms with van der Waals surface area (Å²) >= 11 is 5.15. The number of hydrogen-bond acceptors (Lipinski definition) is 4. The van der Waals surface area contributed by atoms with Crippen LogP contribution in [0.2, 0.25) is 0 Å². The Morgan fingerprint density at radius 1 is 1.33 bits per heavy atom. The summed E-state index contributed by atoms with van der Waals surface area (Å²) < 4.78 is 0.868. The van der Waals surface area contributed by atoms with Crippen molar-refractivity contribution >= 4 is 38.2 Å². The molecule has 2 heterocycles. The molecule has 4 nitrogen and oxygen atoms in total. The molecule has 4 rings (SSSR count). The Labute approximate surface area is 172 Å². The van der Waals surface area contributed by atoms with Gasteiger partial charge in [0.2, 0.25) is 0 Å². The highest BCUT2D eigenvalue weighted by molar-refractivity contribution is 9.10. The number of aromatic hydroxyl groups is 1. The van der Waals surface area contributed by atoms with Crippen LogP contribution in [-0.4, -0.2) is 11.0 Å². The molecule has 6 heteroatoms. The number of carbonyl (C=O) groups is 1. The summed E-state index contributed by atoms with van der Waals surface area (Å²) in [5, 5.41) is 17.6. The normalized spacial score (nSPS) is 21.9. The van der Waals surface area contributed by atoms with Gasteiger partial charge in [0.05, 0.1) is 5.56 Å². The lowest BCUT2D eigenvalue weighted by atomic mass is 9.69. The second-order valence-electron chi connectivity index (χ2n) is 8.24. The fourth-order valence-electron chi connectivity index (χ4n) is 4.17. The summed E-state index contributed by atoms with van der Waals surface area (Å²) in [6.07, 6.45) is 3.90. The maximum absolute atomic E-state index is 12.9. The molecule has 0 unspecified atom stereocenters. The Kier molecular flexibility index (Phi) is 4.75. The van der Waals surface area contributed by atoms with Crippen molar-refractivity contribution in [3.05, 3.63) is 44.2 Å². The van der Waals surface area contributed by atoms with E-state index in [0.29, 0.717) is 16.9 Å². The molecule has 1 aromatic heterocycles. The van der Waals surface area contributed by atoms with Gasteiger partial charge in [0.15, 0.2) is 0 Å². The third-order valence-corrected chi connectivity index (χ3v) is 8.04. The molecule has 3 N–H and O–H groups in total. The zero-order valence-corrected chi connectivity index (χ0v) is 18.3. The summed E-state index contributed by atoms with van der Waals surface area (Å²) in [6, 6.07) is 5.26. The van der Waals surface area contributed by atoms with Crippen molar-refractivity contribution in [2.75, 3.05) is 5.32 Å². The Morgan fingerprint density at radius 3 is 2.85 bits per heavy atom. The maximum atomic E-state index is 12.9. The minimum Gasteiger partial charge on any atom is -0.508 e. The van der Waals surface area contributed by atoms with Crippen LogP contribution >= 0.6 is 27.3 Å². The molecule has 2 aromatic rings. The first-order valence-electron chi connectivity index (χ1n) is 9.50. The van der Waals surface area contributed by atoms with Crippen molar-refractivity contribution in [1.29, 1.82) is 0 Å². The van der Waals surface area contributed by atoms with Crippen molar-refractivity contribution in [1.82, 2.24) is 5.32 Å². The Hall–Kier alpha value is -1.53. The van der Waals surface area contributed by atoms with Gasteiger partial charge < -0.3 is 15.7 Å². The molecule has 2 atom stereocenters. The molecule has 1 amide bonds. The molecule has 2 aliphatic rings. The number of phenols is 1. The SMILES string of the molecule is CCC(C)(C)[C@H]1CCc2c(sc3c2C(=O)N[C@@H](c2cc(Br)ccc2O)N3)C1. The molecule has 0 spiro atoms. The smallest absolute Gasteiger partial charge is 0.256 e. The quantitative estimate of drug-likeness (QED) is 0.571. The first-order valence-corrected chi connectivity index (χ1v) is 11.1. The van der Waals surface area contributed by atoms with Gasteiger partial charge in [-0.3, -0.25) is 4.79 Å². The van der Waals surface area contributed by atoms with E-state index in [2.05, 4.69) is 47.3 Å². The Morgan fingerprint density at radius 2 is 2.11 bits per heavy atom. The molecule has 0 fully saturated rings. The average molecular weight is 449 g/mol. The van der Waals surface area contributed by atoms with Gasteiger partial charge in [0.1, 0.15) is 16.9 Å². The van der Waals surface area contributed by atoms with Crippen molar-refractivity contribution in [2.45, 2.75) is 52.6 Å². The number of thiophene rings is 1. The lowest BCUT2D eigenvalue weighted by Crippen LogP contribution is -2.38. The third kappa shape index (κ3) is 3.27. The number of phenolic OH excluding ortho intramolecular Hbond substituents is 1. The number of nitrogens with one attached hydrogen (secondary N) is 2. The van der Waals surface area contributed by atoms with Crippen LogP contribution in [0.1, 0.15) is 66.1 Å². The number of rotatable bonds is 3. The number of amides is 1. The predicted molar refractivity (Wildman–Crippen MR) is 114 cm³/mol. The van der Waals surface area contributed by atoms with E-state index in [1.807, 2.05) is 6.07 Å². The van der Waals surface area contributed by atoms with Gasteiger partial charge in [-0.05, 0) is 54.4 Å². The molecule has 1 aliphatic carbocycles. The topological polar surface area (TPSA) is 61.4 Å². The number of halogens is 1. The van der Waals surface area contributed by atoms with Gasteiger partial charge >= 0.3 is 0 Å². The summed E-state index contributed by atoms with van der Waals surface area (Å²) in [5.41, 5.74) is 3.02. The highest BCUT2D eigenvalue weighted by atomic mass is 79.9. The van der Waals surface area contributed by atoms with Crippen LogP contribution < -0.4 is 10.6 Å². The third-order valence-electron chi connectivity index (χ3n) is 6.36. The summed E-state index contributed by atoms with van der Waals surface area (Å²) in [6.45, 7) is 6.97. The lowest BCUT2D eigenvalue weighted by molar-refractivity contribution is 0.0934. The molecule has 1 aromatic carbocycles. The van der Waals surface area contributed by atoms with Crippen molar-refractivity contribution in [3.8, 4) is 5.75 Å². The standard InChI is InChI=1S/C21H25BrN2O2S/c1-4-21(2,3)11-5-7-13-16(9-11)27-20-17(13)19(26)23-18(24-20)14-10-12(22)6-8-15(14)25/h6,8,10-11,18,24-25H,4-5,7,9H2,1-3H3,(H,23,26)/t11-,18+/m0/s1. The summed E-state index contributed by atoms with van der Waals surface area (Å²) in [7, 11) is 0. The molecule has 27 heavy (non-hydrogen) atoms. The van der Waals surface area contributed by atoms with Crippen molar-refractivity contribution in [2.24, 2.45) is 11.3 Å². The largest absolute Gasteiger partial charge is 0.508 e. The molecule has 144 valence electrons. The fourth-order valence-corrected chi connectivity index (χ4v) is 5.90. The van der Waals surface area contributed by atoms with Gasteiger partial charge in [-0.25, -0.2) is 0 Å². The van der Waals surface area contributed by atoms with E-state index in [4.69, 9.17) is 0 Å². The monoisotopic (exact) mass is 448 g/mol. The number of benzene rings is 1. The number of carbonyl (C=O) groups excluding carboxylic acids is 1. The van der Waals surface area contributed by atoms with E-state index in [-0.39, 0.29) is 11.7 Å². The molecule has 0 saturated heterocycles. The zero-order valence-electron chi connectivity index (χ0n) is 15.9. The van der Waals surface area contributed by atoms with Crippen LogP contribution in [-0.2, 0) is 12.8 Å². The molecule has 0 radical (unpaired) electrons. The van der Waals surface area contributed by atoms with Crippen molar-refractivity contribution in [3.63, 3.8) is 0 Å². The first-order chi connectivity index (χ1) is 12.8. The van der Waals surface area contributed by atoms with Crippen LogP contribution in [0.5, 0.6) is 5.75 Å². The second kappa shape index (κ2) is 6.82. The maximum Gasteiger partial charge on any atom is 0.256 e. The van der Waals surface area contributed by atoms with E-state index >= 15 is 0 Å². The predicted octanol–water partition coefficient (Wildman–Crippen LogP) is 5.61. The molecule has 0 bridgehead atoms. The van der Waals surface area contributed by atoms with Crippen LogP contribution in [0.15, 0.2) is 22.7 Å². The zero-order chi connectivity index (χ0) is 19.3. The summed E-state index contributed by atoms with van der Waals surface area (Å²) in [5.74, 6) is 0.785. The molecule has 0 saturated carbocycles. The Bertz CT molecular complexity index is 906. The highest BCUT2D eigenvalue weighted by Crippen LogP contribution is 2.47. The van der Waals surface area contributed by atoms with E-state index in [9.17, 15) is 9.90 Å². The van der Waals surface area contributed by atoms with Gasteiger partial charge in [-0.1, -0.05) is 43.1 Å². The molecule has 1 aliphatic heterocycles. The molecular weight excluding hydrogens is 424 g/mol. The van der Waals surface area contributed by atoms with E-state index < -0.39 is 6.17 Å². The first kappa shape index (κ1) is 18.8. The van der Waals surface area contributed by atoms with Crippen molar-refractivity contribution < 1.29 is 9.90 Å². The van der Waals surface area contributed by atoms with Crippen LogP contribution in [0, 0.1) is 11.3 Å². The highest BCUT2D eigenvalue weighted by Gasteiger charge is 2.37. The van der Waals surface area contributed by atoms with E-state index in [1.165, 1.54) is 16.9 Å². The summed E-state index contributed by atoms with van der Waals surface area (Å²) in [4.78, 5) is 14.2. The van der Waals surface area contributed by atoms with Crippen LogP contribution in [0.3, 0.4) is 0 Å². The Balaban J connectivity index is 1.66. The fraction of sp³-hybridized carbons (Fsp3) is 0.476. The minimum absolute atomic E-state index is 0.0428. The minimum atomic E-state index is -0.425. The van der Waals surface area contributed by atoms with Crippen LogP contribution in [0.25, 0.3) is 0 Å². The van der Waals surface area contributed by atoms with E-state index in [1.54, 1.807) is 23.5 Å². The average Bonchev–Trinajstić information content (AvgIpc) is 3.01. The van der Waals surface area contributed by atoms with Crippen LogP contribution in [0.4, 0.5) is 5.00 Å². The van der Waals surface area contributed by atoms with Gasteiger partial charge in [-0.2, -0.15) is 0 Å². The van der Waals surface area contributed by atoms with E-state index in [0.717, 1.165) is 34.3 Å². The van der Waals surface area contributed by atoms with Gasteiger partial charge in [0.25, 0.3) is 5.91 Å². The number of anilines is 1. The van der Waals surface area contributed by atoms with Gasteiger partial charge in [-0.15, -0.1) is 11.3 Å². The number of fused-ring (bicyclic) bond motifs is 3.